The van der Waals surface area contributed by atoms with Crippen LogP contribution in [0.1, 0.15) is 5.69 Å². The maximum Gasteiger partial charge on any atom is 0.213 e. The Morgan fingerprint density at radius 3 is 2.89 bits per heavy atom. The molecule has 0 aliphatic heterocycles. The number of anilines is 1. The summed E-state index contributed by atoms with van der Waals surface area (Å²) in [5, 5.41) is 3.33. The van der Waals surface area contributed by atoms with Gasteiger partial charge in [-0.15, -0.1) is 0 Å². The largest absolute Gasteiger partial charge is 0.481 e. The molecule has 0 fully saturated rings. The van der Waals surface area contributed by atoms with Gasteiger partial charge in [-0.3, -0.25) is 0 Å². The van der Waals surface area contributed by atoms with Crippen molar-refractivity contribution in [2.45, 2.75) is 6.54 Å². The summed E-state index contributed by atoms with van der Waals surface area (Å²) >= 11 is 5.68. The minimum Gasteiger partial charge on any atom is -0.481 e. The molecule has 1 N–H and O–H groups in total. The van der Waals surface area contributed by atoms with E-state index in [0.717, 1.165) is 5.69 Å². The number of hydrogen-bond donors (Lipinski definition) is 1. The predicted octanol–water partition coefficient (Wildman–Crippen LogP) is 3.49. The smallest absolute Gasteiger partial charge is 0.213 e. The van der Waals surface area contributed by atoms with Crippen molar-refractivity contribution in [3.63, 3.8) is 0 Å². The van der Waals surface area contributed by atoms with E-state index in [0.29, 0.717) is 23.1 Å². The van der Waals surface area contributed by atoms with E-state index in [1.807, 2.05) is 12.1 Å². The van der Waals surface area contributed by atoms with Crippen LogP contribution >= 0.6 is 11.6 Å². The van der Waals surface area contributed by atoms with E-state index in [2.05, 4.69) is 10.3 Å². The molecule has 0 saturated carbocycles. The maximum atomic E-state index is 13.5. The fourth-order valence-electron chi connectivity index (χ4n) is 1.49. The molecule has 1 aromatic heterocycles. The Morgan fingerprint density at radius 1 is 1.33 bits per heavy atom. The summed E-state index contributed by atoms with van der Waals surface area (Å²) in [6, 6.07) is 9.92. The summed E-state index contributed by atoms with van der Waals surface area (Å²) in [7, 11) is 1.55. The molecule has 0 atom stereocenters. The summed E-state index contributed by atoms with van der Waals surface area (Å²) in [6.07, 6.45) is 0. The average molecular weight is 267 g/mol. The van der Waals surface area contributed by atoms with Gasteiger partial charge in [-0.25, -0.2) is 9.37 Å². The van der Waals surface area contributed by atoms with E-state index in [9.17, 15) is 4.39 Å². The highest BCUT2D eigenvalue weighted by Gasteiger charge is 2.03. The first-order valence-corrected chi connectivity index (χ1v) is 5.75. The molecule has 2 aromatic rings. The van der Waals surface area contributed by atoms with Gasteiger partial charge in [0, 0.05) is 11.1 Å². The van der Waals surface area contributed by atoms with Crippen molar-refractivity contribution in [3.8, 4) is 5.88 Å². The molecule has 1 heterocycles. The number of nitrogens with one attached hydrogen (secondary N) is 1. The van der Waals surface area contributed by atoms with E-state index in [1.54, 1.807) is 25.3 Å². The molecule has 0 spiro atoms. The Labute approximate surface area is 110 Å². The van der Waals surface area contributed by atoms with E-state index in [4.69, 9.17) is 16.3 Å². The van der Waals surface area contributed by atoms with Gasteiger partial charge in [-0.2, -0.15) is 0 Å². The highest BCUT2D eigenvalue weighted by Crippen LogP contribution is 2.19. The van der Waals surface area contributed by atoms with Crippen LogP contribution in [0.2, 0.25) is 5.02 Å². The molecule has 18 heavy (non-hydrogen) atoms. The zero-order chi connectivity index (χ0) is 13.0. The van der Waals surface area contributed by atoms with Crippen molar-refractivity contribution in [3.05, 3.63) is 52.9 Å². The molecule has 2 rings (SSSR count). The molecule has 0 saturated heterocycles. The van der Waals surface area contributed by atoms with Gasteiger partial charge in [0.1, 0.15) is 5.82 Å². The predicted molar refractivity (Wildman–Crippen MR) is 69.5 cm³/mol. The van der Waals surface area contributed by atoms with Gasteiger partial charge >= 0.3 is 0 Å². The Bertz CT molecular complexity index is 548. The molecule has 0 aliphatic rings. The van der Waals surface area contributed by atoms with Crippen LogP contribution in [0.3, 0.4) is 0 Å². The zero-order valence-corrected chi connectivity index (χ0v) is 10.5. The standard InChI is InChI=1S/C13H12ClFN2O/c1-18-13-4-2-3-10(17-13)8-16-12-6-5-9(14)7-11(12)15/h2-7,16H,8H2,1H3. The molecule has 0 bridgehead atoms. The van der Waals surface area contributed by atoms with Gasteiger partial charge in [0.25, 0.3) is 0 Å². The second-order valence-corrected chi connectivity index (χ2v) is 4.09. The van der Waals surface area contributed by atoms with Crippen molar-refractivity contribution in [1.29, 1.82) is 0 Å². The summed E-state index contributed by atoms with van der Waals surface area (Å²) in [5.41, 5.74) is 1.16. The van der Waals surface area contributed by atoms with Crippen LogP contribution < -0.4 is 10.1 Å². The molecule has 94 valence electrons. The third-order valence-corrected chi connectivity index (χ3v) is 2.62. The first kappa shape index (κ1) is 12.6. The molecular weight excluding hydrogens is 255 g/mol. The van der Waals surface area contributed by atoms with Crippen molar-refractivity contribution >= 4 is 17.3 Å². The molecule has 3 nitrogen and oxygen atoms in total. The number of halogens is 2. The number of rotatable bonds is 4. The number of benzene rings is 1. The average Bonchev–Trinajstić information content (AvgIpc) is 2.38. The number of pyridine rings is 1. The molecular formula is C13H12ClFN2O. The summed E-state index contributed by atoms with van der Waals surface area (Å²) < 4.78 is 18.5. The van der Waals surface area contributed by atoms with Crippen LogP contribution in [0.15, 0.2) is 36.4 Å². The SMILES string of the molecule is COc1cccc(CNc2ccc(Cl)cc2F)n1. The van der Waals surface area contributed by atoms with Gasteiger partial charge in [-0.05, 0) is 24.3 Å². The highest BCUT2D eigenvalue weighted by atomic mass is 35.5. The van der Waals surface area contributed by atoms with E-state index >= 15 is 0 Å². The van der Waals surface area contributed by atoms with E-state index in [1.165, 1.54) is 6.07 Å². The van der Waals surface area contributed by atoms with Gasteiger partial charge in [-0.1, -0.05) is 17.7 Å². The van der Waals surface area contributed by atoms with Gasteiger partial charge in [0.15, 0.2) is 0 Å². The van der Waals surface area contributed by atoms with Crippen LogP contribution in [0.4, 0.5) is 10.1 Å². The summed E-state index contributed by atoms with van der Waals surface area (Å²) in [6.45, 7) is 0.412. The fraction of sp³-hybridized carbons (Fsp3) is 0.154. The lowest BCUT2D eigenvalue weighted by atomic mass is 10.3. The van der Waals surface area contributed by atoms with E-state index in [-0.39, 0.29) is 5.82 Å². The molecule has 5 heteroatoms. The maximum absolute atomic E-state index is 13.5. The van der Waals surface area contributed by atoms with Crippen LogP contribution in [0, 0.1) is 5.82 Å². The summed E-state index contributed by atoms with van der Waals surface area (Å²) in [4.78, 5) is 4.22. The first-order chi connectivity index (χ1) is 8.69. The Kier molecular flexibility index (Phi) is 3.99. The fourth-order valence-corrected chi connectivity index (χ4v) is 1.65. The lowest BCUT2D eigenvalue weighted by molar-refractivity contribution is 0.396. The minimum atomic E-state index is -0.384. The van der Waals surface area contributed by atoms with Gasteiger partial charge in [0.2, 0.25) is 5.88 Å². The van der Waals surface area contributed by atoms with Gasteiger partial charge in [0.05, 0.1) is 25.0 Å². The monoisotopic (exact) mass is 266 g/mol. The topological polar surface area (TPSA) is 34.1 Å². The summed E-state index contributed by atoms with van der Waals surface area (Å²) in [5.74, 6) is 0.149. The number of aromatic nitrogens is 1. The van der Waals surface area contributed by atoms with Crippen LogP contribution in [-0.2, 0) is 6.54 Å². The molecule has 1 aromatic carbocycles. The molecule has 0 amide bonds. The van der Waals surface area contributed by atoms with Crippen LogP contribution in [0.5, 0.6) is 5.88 Å². The molecule has 0 unspecified atom stereocenters. The van der Waals surface area contributed by atoms with Crippen LogP contribution in [0.25, 0.3) is 0 Å². The normalized spacial score (nSPS) is 10.2. The first-order valence-electron chi connectivity index (χ1n) is 5.38. The number of hydrogen-bond acceptors (Lipinski definition) is 3. The minimum absolute atomic E-state index is 0.373. The van der Waals surface area contributed by atoms with Crippen LogP contribution in [-0.4, -0.2) is 12.1 Å². The number of nitrogens with zero attached hydrogens (tertiary/aromatic N) is 1. The Hall–Kier alpha value is -1.81. The lowest BCUT2D eigenvalue weighted by Gasteiger charge is -2.08. The molecule has 0 aliphatic carbocycles. The zero-order valence-electron chi connectivity index (χ0n) is 9.78. The van der Waals surface area contributed by atoms with Crippen molar-refractivity contribution < 1.29 is 9.13 Å². The van der Waals surface area contributed by atoms with E-state index < -0.39 is 0 Å². The lowest BCUT2D eigenvalue weighted by Crippen LogP contribution is -2.03. The highest BCUT2D eigenvalue weighted by molar-refractivity contribution is 6.30. The second-order valence-electron chi connectivity index (χ2n) is 3.65. The van der Waals surface area contributed by atoms with Crippen molar-refractivity contribution in [2.75, 3.05) is 12.4 Å². The second kappa shape index (κ2) is 5.69. The van der Waals surface area contributed by atoms with Crippen molar-refractivity contribution in [2.24, 2.45) is 0 Å². The van der Waals surface area contributed by atoms with Crippen molar-refractivity contribution in [1.82, 2.24) is 4.98 Å². The van der Waals surface area contributed by atoms with Gasteiger partial charge < -0.3 is 10.1 Å². The third-order valence-electron chi connectivity index (χ3n) is 2.38. The number of methoxy groups -OCH3 is 1. The Balaban J connectivity index is 2.06. The molecule has 0 radical (unpaired) electrons. The third kappa shape index (κ3) is 3.11. The quantitative estimate of drug-likeness (QED) is 0.920. The Morgan fingerprint density at radius 2 is 2.17 bits per heavy atom. The number of ether oxygens (including phenoxy) is 1.